The first-order valence-corrected chi connectivity index (χ1v) is 11.2. The van der Waals surface area contributed by atoms with Gasteiger partial charge >= 0.3 is 0 Å². The van der Waals surface area contributed by atoms with Gasteiger partial charge in [0.15, 0.2) is 17.7 Å². The zero-order valence-electron chi connectivity index (χ0n) is 18.1. The third-order valence-electron chi connectivity index (χ3n) is 5.08. The second-order valence-electron chi connectivity index (χ2n) is 7.43. The number of fused-ring (bicyclic) bond motifs is 1. The van der Waals surface area contributed by atoms with Crippen LogP contribution in [-0.4, -0.2) is 55.0 Å². The minimum Gasteiger partial charge on any atom is -0.494 e. The number of nitrogens with zero attached hydrogens (tertiary/aromatic N) is 2. The Balaban J connectivity index is 1.37. The van der Waals surface area contributed by atoms with Gasteiger partial charge < -0.3 is 29.2 Å². The molecule has 12 heteroatoms. The number of halogens is 1. The molecule has 0 radical (unpaired) electrons. The molecular formula is C22H21FN4O6S. The highest BCUT2D eigenvalue weighted by Crippen LogP contribution is 2.22. The number of methoxy groups -OCH3 is 1. The maximum atomic E-state index is 13.5. The minimum absolute atomic E-state index is 0.0713. The normalized spacial score (nSPS) is 17.9. The Morgan fingerprint density at radius 2 is 2.26 bits per heavy atom. The molecule has 1 aromatic carbocycles. The Labute approximate surface area is 197 Å². The average molecular weight is 488 g/mol. The molecule has 178 valence electrons. The SMILES string of the molecule is COc1cc(CNC(=O)c2nc3scc(COCC4COC(C#N)CO4)c3c(=O)[nH]2)ccc1F. The van der Waals surface area contributed by atoms with E-state index < -0.39 is 23.4 Å². The monoisotopic (exact) mass is 488 g/mol. The Hall–Kier alpha value is -3.37. The van der Waals surface area contributed by atoms with E-state index in [1.54, 1.807) is 5.38 Å². The molecule has 1 amide bonds. The van der Waals surface area contributed by atoms with Gasteiger partial charge in [0, 0.05) is 12.1 Å². The number of carbonyl (C=O) groups is 1. The fraction of sp³-hybridized carbons (Fsp3) is 0.364. The summed E-state index contributed by atoms with van der Waals surface area (Å²) in [6, 6.07) is 6.24. The van der Waals surface area contributed by atoms with Gasteiger partial charge in [-0.2, -0.15) is 5.26 Å². The lowest BCUT2D eigenvalue weighted by atomic mass is 10.2. The number of benzene rings is 1. The number of thiophene rings is 1. The van der Waals surface area contributed by atoms with Crippen molar-refractivity contribution in [2.24, 2.45) is 0 Å². The van der Waals surface area contributed by atoms with Crippen molar-refractivity contribution >= 4 is 27.5 Å². The zero-order valence-corrected chi connectivity index (χ0v) is 18.9. The van der Waals surface area contributed by atoms with Crippen LogP contribution < -0.4 is 15.6 Å². The first-order valence-electron chi connectivity index (χ1n) is 10.3. The zero-order chi connectivity index (χ0) is 24.1. The van der Waals surface area contributed by atoms with E-state index in [4.69, 9.17) is 24.2 Å². The summed E-state index contributed by atoms with van der Waals surface area (Å²) in [7, 11) is 1.36. The first-order chi connectivity index (χ1) is 16.5. The molecule has 0 bridgehead atoms. The van der Waals surface area contributed by atoms with Gasteiger partial charge in [-0.05, 0) is 23.1 Å². The molecular weight excluding hydrogens is 467 g/mol. The van der Waals surface area contributed by atoms with Crippen LogP contribution in [0.15, 0.2) is 28.4 Å². The van der Waals surface area contributed by atoms with Gasteiger partial charge in [-0.3, -0.25) is 9.59 Å². The molecule has 4 rings (SSSR count). The number of aromatic nitrogens is 2. The molecule has 1 saturated heterocycles. The van der Waals surface area contributed by atoms with Crippen molar-refractivity contribution in [1.29, 1.82) is 5.26 Å². The highest BCUT2D eigenvalue weighted by atomic mass is 32.1. The second-order valence-corrected chi connectivity index (χ2v) is 8.29. The van der Waals surface area contributed by atoms with E-state index in [1.165, 1.54) is 36.6 Å². The summed E-state index contributed by atoms with van der Waals surface area (Å²) < 4.78 is 35.0. The predicted octanol–water partition coefficient (Wildman–Crippen LogP) is 1.89. The molecule has 10 nitrogen and oxygen atoms in total. The van der Waals surface area contributed by atoms with Gasteiger partial charge in [-0.25, -0.2) is 9.37 Å². The van der Waals surface area contributed by atoms with Crippen LogP contribution in [0.5, 0.6) is 5.75 Å². The largest absolute Gasteiger partial charge is 0.494 e. The van der Waals surface area contributed by atoms with Gasteiger partial charge in [-0.1, -0.05) is 6.07 Å². The molecule has 3 heterocycles. The van der Waals surface area contributed by atoms with E-state index >= 15 is 0 Å². The van der Waals surface area contributed by atoms with Crippen LogP contribution in [0, 0.1) is 17.1 Å². The number of amides is 1. The number of ether oxygens (including phenoxy) is 4. The molecule has 0 saturated carbocycles. The van der Waals surface area contributed by atoms with Crippen LogP contribution in [0.1, 0.15) is 21.7 Å². The smallest absolute Gasteiger partial charge is 0.287 e. The average Bonchev–Trinajstić information content (AvgIpc) is 3.27. The van der Waals surface area contributed by atoms with E-state index in [9.17, 15) is 14.0 Å². The van der Waals surface area contributed by atoms with Gasteiger partial charge in [0.1, 0.15) is 10.9 Å². The van der Waals surface area contributed by atoms with Crippen LogP contribution in [0.25, 0.3) is 10.2 Å². The fourth-order valence-corrected chi connectivity index (χ4v) is 4.24. The Bertz CT molecular complexity index is 1280. The summed E-state index contributed by atoms with van der Waals surface area (Å²) in [6.45, 7) is 0.950. The third kappa shape index (κ3) is 5.40. The van der Waals surface area contributed by atoms with Crippen LogP contribution in [0.4, 0.5) is 4.39 Å². The van der Waals surface area contributed by atoms with Crippen molar-refractivity contribution in [2.75, 3.05) is 26.9 Å². The molecule has 1 aliphatic heterocycles. The number of aromatic amines is 1. The topological polar surface area (TPSA) is 136 Å². The quantitative estimate of drug-likeness (QED) is 0.491. The standard InChI is InChI=1S/C22H21FN4O6S/c1-30-17-4-12(2-3-16(17)23)6-25-21(29)19-26-20(28)18-13(11-34-22(18)27-19)7-31-8-15-10-32-14(5-24)9-33-15/h2-4,11,14-15H,6-10H2,1H3,(H,25,29)(H,26,27,28). The van der Waals surface area contributed by atoms with E-state index in [0.717, 1.165) is 0 Å². The highest BCUT2D eigenvalue weighted by molar-refractivity contribution is 7.16. The van der Waals surface area contributed by atoms with Crippen LogP contribution in [-0.2, 0) is 27.4 Å². The van der Waals surface area contributed by atoms with E-state index in [0.29, 0.717) is 21.3 Å². The van der Waals surface area contributed by atoms with Crippen LogP contribution >= 0.6 is 11.3 Å². The lowest BCUT2D eigenvalue weighted by Gasteiger charge is -2.25. The van der Waals surface area contributed by atoms with Crippen molar-refractivity contribution in [2.45, 2.75) is 25.4 Å². The number of carbonyl (C=O) groups excluding carboxylic acids is 1. The van der Waals surface area contributed by atoms with Crippen molar-refractivity contribution in [3.05, 3.63) is 56.7 Å². The summed E-state index contributed by atoms with van der Waals surface area (Å²) in [5.41, 5.74) is 0.819. The summed E-state index contributed by atoms with van der Waals surface area (Å²) in [6.07, 6.45) is -0.853. The van der Waals surface area contributed by atoms with Crippen molar-refractivity contribution < 1.29 is 28.1 Å². The number of nitriles is 1. The number of hydrogen-bond donors (Lipinski definition) is 2. The Kier molecular flexibility index (Phi) is 7.49. The maximum Gasteiger partial charge on any atom is 0.287 e. The van der Waals surface area contributed by atoms with Gasteiger partial charge in [-0.15, -0.1) is 11.3 Å². The maximum absolute atomic E-state index is 13.5. The molecule has 2 atom stereocenters. The molecule has 2 N–H and O–H groups in total. The highest BCUT2D eigenvalue weighted by Gasteiger charge is 2.22. The van der Waals surface area contributed by atoms with E-state index in [2.05, 4.69) is 15.3 Å². The van der Waals surface area contributed by atoms with Crippen molar-refractivity contribution in [3.8, 4) is 11.8 Å². The first kappa shape index (κ1) is 23.8. The van der Waals surface area contributed by atoms with Crippen LogP contribution in [0.3, 0.4) is 0 Å². The number of H-pyrrole nitrogens is 1. The van der Waals surface area contributed by atoms with E-state index in [1.807, 2.05) is 6.07 Å². The summed E-state index contributed by atoms with van der Waals surface area (Å²) in [5.74, 6) is -1.12. The van der Waals surface area contributed by atoms with Gasteiger partial charge in [0.25, 0.3) is 11.5 Å². The van der Waals surface area contributed by atoms with Crippen molar-refractivity contribution in [3.63, 3.8) is 0 Å². The minimum atomic E-state index is -0.571. The lowest BCUT2D eigenvalue weighted by molar-refractivity contribution is -0.137. The molecule has 0 spiro atoms. The Morgan fingerprint density at radius 3 is 3.00 bits per heavy atom. The third-order valence-corrected chi connectivity index (χ3v) is 6.00. The summed E-state index contributed by atoms with van der Waals surface area (Å²) >= 11 is 1.23. The second kappa shape index (κ2) is 10.7. The number of hydrogen-bond acceptors (Lipinski definition) is 9. The molecule has 3 aromatic rings. The molecule has 2 unspecified atom stereocenters. The fourth-order valence-electron chi connectivity index (χ4n) is 3.32. The van der Waals surface area contributed by atoms with Crippen molar-refractivity contribution in [1.82, 2.24) is 15.3 Å². The molecule has 0 aliphatic carbocycles. The number of rotatable bonds is 8. The summed E-state index contributed by atoms with van der Waals surface area (Å²) in [4.78, 5) is 32.4. The van der Waals surface area contributed by atoms with Crippen LogP contribution in [0.2, 0.25) is 0 Å². The van der Waals surface area contributed by atoms with Gasteiger partial charge in [0.2, 0.25) is 5.82 Å². The van der Waals surface area contributed by atoms with E-state index in [-0.39, 0.29) is 50.7 Å². The Morgan fingerprint density at radius 1 is 1.41 bits per heavy atom. The molecule has 2 aromatic heterocycles. The summed E-state index contributed by atoms with van der Waals surface area (Å²) in [5, 5.41) is 13.6. The molecule has 34 heavy (non-hydrogen) atoms. The molecule has 1 fully saturated rings. The number of nitrogens with one attached hydrogen (secondary N) is 2. The lowest BCUT2D eigenvalue weighted by Crippen LogP contribution is -2.37. The molecule has 1 aliphatic rings. The predicted molar refractivity (Wildman–Crippen MR) is 119 cm³/mol. The van der Waals surface area contributed by atoms with Gasteiger partial charge in [0.05, 0.1) is 45.0 Å².